The second-order valence-electron chi connectivity index (χ2n) is 9.19. The van der Waals surface area contributed by atoms with E-state index in [0.29, 0.717) is 35.7 Å². The number of benzene rings is 3. The number of ether oxygens (including phenoxy) is 1. The van der Waals surface area contributed by atoms with Crippen molar-refractivity contribution in [1.82, 2.24) is 19.8 Å². The first-order valence-corrected chi connectivity index (χ1v) is 11.9. The molecule has 0 spiro atoms. The van der Waals surface area contributed by atoms with Gasteiger partial charge in [-0.2, -0.15) is 5.26 Å². The van der Waals surface area contributed by atoms with E-state index in [1.807, 2.05) is 66.0 Å². The van der Waals surface area contributed by atoms with Crippen molar-refractivity contribution in [1.29, 1.82) is 5.26 Å². The number of carbonyl (C=O) groups excluding carboxylic acids is 1. The number of aromatic nitrogens is 2. The number of imidazole rings is 1. The number of nitrogens with zero attached hydrogens (tertiary/aromatic N) is 4. The van der Waals surface area contributed by atoms with Crippen molar-refractivity contribution in [3.63, 3.8) is 0 Å². The topological polar surface area (TPSA) is 83.2 Å². The minimum absolute atomic E-state index is 0.0379. The lowest BCUT2D eigenvalue weighted by Gasteiger charge is -2.19. The van der Waals surface area contributed by atoms with Crippen molar-refractivity contribution in [3.05, 3.63) is 89.5 Å². The summed E-state index contributed by atoms with van der Waals surface area (Å²) >= 11 is 0. The Morgan fingerprint density at radius 3 is 3.00 bits per heavy atom. The van der Waals surface area contributed by atoms with E-state index in [1.54, 1.807) is 6.07 Å². The highest BCUT2D eigenvalue weighted by molar-refractivity contribution is 6.07. The van der Waals surface area contributed by atoms with Gasteiger partial charge in [0.1, 0.15) is 17.6 Å². The lowest BCUT2D eigenvalue weighted by molar-refractivity contribution is 0.0791. The highest BCUT2D eigenvalue weighted by Gasteiger charge is 2.27. The molecule has 7 nitrogen and oxygen atoms in total. The first-order chi connectivity index (χ1) is 17.2. The molecule has 0 unspecified atom stereocenters. The molecule has 35 heavy (non-hydrogen) atoms. The van der Waals surface area contributed by atoms with Crippen LogP contribution in [0.5, 0.6) is 11.5 Å². The smallest absolute Gasteiger partial charge is 0.254 e. The van der Waals surface area contributed by atoms with Gasteiger partial charge in [-0.25, -0.2) is 4.98 Å². The van der Waals surface area contributed by atoms with E-state index in [-0.39, 0.29) is 11.9 Å². The summed E-state index contributed by atoms with van der Waals surface area (Å²) < 4.78 is 8.36. The fourth-order valence-electron chi connectivity index (χ4n) is 5.05. The molecular weight excluding hydrogens is 438 g/mol. The SMILES string of the molecule is N#Cc1ccc2cc1Oc1ccc3cccc(c3c1)C(=O)N1CC[C@H](C1)NCCc1cncn1C2. The van der Waals surface area contributed by atoms with Crippen LogP contribution in [0.25, 0.3) is 10.8 Å². The molecule has 0 aliphatic carbocycles. The van der Waals surface area contributed by atoms with Gasteiger partial charge in [-0.1, -0.05) is 24.3 Å². The van der Waals surface area contributed by atoms with E-state index < -0.39 is 0 Å². The average molecular weight is 464 g/mol. The predicted octanol–water partition coefficient (Wildman–Crippen LogP) is 4.11. The maximum Gasteiger partial charge on any atom is 0.254 e. The second-order valence-corrected chi connectivity index (χ2v) is 9.19. The molecular formula is C28H25N5O2. The number of nitriles is 1. The Morgan fingerprint density at radius 2 is 2.09 bits per heavy atom. The van der Waals surface area contributed by atoms with Crippen LogP contribution in [0.15, 0.2) is 67.1 Å². The first-order valence-electron chi connectivity index (χ1n) is 11.9. The van der Waals surface area contributed by atoms with Crippen molar-refractivity contribution in [2.75, 3.05) is 19.6 Å². The van der Waals surface area contributed by atoms with Gasteiger partial charge in [-0.15, -0.1) is 0 Å². The Labute approximate surface area is 203 Å². The normalized spacial score (nSPS) is 18.0. The third kappa shape index (κ3) is 4.13. The Morgan fingerprint density at radius 1 is 1.14 bits per heavy atom. The summed E-state index contributed by atoms with van der Waals surface area (Å²) in [6.07, 6.45) is 5.52. The van der Waals surface area contributed by atoms with Crippen LogP contribution < -0.4 is 10.1 Å². The molecule has 4 aromatic rings. The minimum atomic E-state index is 0.0379. The summed E-state index contributed by atoms with van der Waals surface area (Å²) in [6.45, 7) is 2.89. The molecule has 2 aliphatic heterocycles. The van der Waals surface area contributed by atoms with E-state index in [9.17, 15) is 10.1 Å². The van der Waals surface area contributed by atoms with Gasteiger partial charge in [0.05, 0.1) is 11.9 Å². The summed E-state index contributed by atoms with van der Waals surface area (Å²) in [6, 6.07) is 19.7. The van der Waals surface area contributed by atoms with Gasteiger partial charge in [-0.05, 0) is 53.1 Å². The second kappa shape index (κ2) is 8.90. The molecule has 3 heterocycles. The summed E-state index contributed by atoms with van der Waals surface area (Å²) in [5.41, 5.74) is 3.30. The average Bonchev–Trinajstić information content (AvgIpc) is 3.53. The molecule has 2 aliphatic rings. The minimum Gasteiger partial charge on any atom is -0.456 e. The van der Waals surface area contributed by atoms with E-state index in [2.05, 4.69) is 20.9 Å². The maximum absolute atomic E-state index is 13.5. The Kier molecular flexibility index (Phi) is 5.44. The molecule has 174 valence electrons. The Hall–Kier alpha value is -4.15. The zero-order chi connectivity index (χ0) is 23.8. The monoisotopic (exact) mass is 463 g/mol. The molecule has 1 N–H and O–H groups in total. The number of rotatable bonds is 0. The number of carbonyl (C=O) groups is 1. The van der Waals surface area contributed by atoms with Crippen LogP contribution in [0.3, 0.4) is 0 Å². The molecule has 0 saturated carbocycles. The van der Waals surface area contributed by atoms with Gasteiger partial charge in [-0.3, -0.25) is 4.79 Å². The molecule has 7 heteroatoms. The number of fused-ring (bicyclic) bond motifs is 6. The molecule has 3 aromatic carbocycles. The van der Waals surface area contributed by atoms with Crippen molar-refractivity contribution in [2.45, 2.75) is 25.4 Å². The van der Waals surface area contributed by atoms with Crippen molar-refractivity contribution >= 4 is 16.7 Å². The fraction of sp³-hybridized carbons (Fsp3) is 0.250. The molecule has 1 amide bonds. The highest BCUT2D eigenvalue weighted by Crippen LogP contribution is 2.31. The van der Waals surface area contributed by atoms with Crippen LogP contribution in [0.4, 0.5) is 0 Å². The van der Waals surface area contributed by atoms with Crippen LogP contribution in [0.2, 0.25) is 0 Å². The van der Waals surface area contributed by atoms with Crippen molar-refractivity contribution in [3.8, 4) is 17.6 Å². The molecule has 1 fully saturated rings. The Bertz CT molecular complexity index is 1470. The van der Waals surface area contributed by atoms with Crippen LogP contribution in [-0.2, 0) is 13.0 Å². The Balaban J connectivity index is 1.45. The highest BCUT2D eigenvalue weighted by atomic mass is 16.5. The number of nitrogens with one attached hydrogen (secondary N) is 1. The van der Waals surface area contributed by atoms with Crippen LogP contribution in [-0.4, -0.2) is 46.0 Å². The summed E-state index contributed by atoms with van der Waals surface area (Å²) in [7, 11) is 0. The van der Waals surface area contributed by atoms with Gasteiger partial charge in [0, 0.05) is 56.1 Å². The third-order valence-corrected chi connectivity index (χ3v) is 6.92. The fourth-order valence-corrected chi connectivity index (χ4v) is 5.05. The van der Waals surface area contributed by atoms with Crippen LogP contribution >= 0.6 is 0 Å². The lowest BCUT2D eigenvalue weighted by Crippen LogP contribution is -2.36. The van der Waals surface area contributed by atoms with Gasteiger partial charge in [0.25, 0.3) is 5.91 Å². The number of hydrogen-bond acceptors (Lipinski definition) is 5. The lowest BCUT2D eigenvalue weighted by atomic mass is 10.0. The largest absolute Gasteiger partial charge is 0.456 e. The molecule has 1 aromatic heterocycles. The van der Waals surface area contributed by atoms with E-state index >= 15 is 0 Å². The van der Waals surface area contributed by atoms with Gasteiger partial charge >= 0.3 is 0 Å². The number of hydrogen-bond donors (Lipinski definition) is 1. The van der Waals surface area contributed by atoms with Gasteiger partial charge < -0.3 is 19.5 Å². The maximum atomic E-state index is 13.5. The van der Waals surface area contributed by atoms with E-state index in [1.165, 1.54) is 0 Å². The molecule has 6 rings (SSSR count). The molecule has 1 saturated heterocycles. The predicted molar refractivity (Wildman–Crippen MR) is 133 cm³/mol. The van der Waals surface area contributed by atoms with Crippen LogP contribution in [0.1, 0.15) is 33.6 Å². The molecule has 0 radical (unpaired) electrons. The molecule has 1 atom stereocenters. The summed E-state index contributed by atoms with van der Waals surface area (Å²) in [5, 5.41) is 15.1. The van der Waals surface area contributed by atoms with Crippen molar-refractivity contribution < 1.29 is 9.53 Å². The van der Waals surface area contributed by atoms with Crippen molar-refractivity contribution in [2.24, 2.45) is 0 Å². The van der Waals surface area contributed by atoms with Gasteiger partial charge in [0.15, 0.2) is 0 Å². The van der Waals surface area contributed by atoms with Crippen LogP contribution in [0, 0.1) is 11.3 Å². The third-order valence-electron chi connectivity index (χ3n) is 6.92. The quantitative estimate of drug-likeness (QED) is 0.424. The first kappa shape index (κ1) is 21.4. The van der Waals surface area contributed by atoms with E-state index in [0.717, 1.165) is 48.0 Å². The summed E-state index contributed by atoms with van der Waals surface area (Å²) in [4.78, 5) is 19.8. The molecule has 6 bridgehead atoms. The van der Waals surface area contributed by atoms with Gasteiger partial charge in [0.2, 0.25) is 0 Å². The standard InChI is InChI=1S/C28H25N5O2/c29-14-21-5-4-19-12-27(21)35-24-7-6-20-2-1-3-25(26(20)13-24)28(34)32-11-9-22(17-32)31-10-8-23-15-30-18-33(23)16-19/h1-7,12-13,15,18,22,31H,8-11,16-17H2/t22-/m1/s1. The van der Waals surface area contributed by atoms with E-state index in [4.69, 9.17) is 4.74 Å². The zero-order valence-electron chi connectivity index (χ0n) is 19.3. The summed E-state index contributed by atoms with van der Waals surface area (Å²) in [5.74, 6) is 1.13. The number of amides is 1. The zero-order valence-corrected chi connectivity index (χ0v) is 19.3.